The number of rotatable bonds is 40. The number of hydrogen-bond acceptors (Lipinski definition) is 7. The summed E-state index contributed by atoms with van der Waals surface area (Å²) in [6.45, 7) is 5.95. The van der Waals surface area contributed by atoms with Gasteiger partial charge in [-0.1, -0.05) is 219 Å². The van der Waals surface area contributed by atoms with E-state index in [9.17, 15) is 9.59 Å². The van der Waals surface area contributed by atoms with Crippen LogP contribution in [-0.4, -0.2) is 47.4 Å². The van der Waals surface area contributed by atoms with Gasteiger partial charge in [-0.3, -0.25) is 0 Å². The zero-order chi connectivity index (χ0) is 46.8. The number of unbranched alkanes of at least 4 members (excludes halogenated alkanes) is 30. The van der Waals surface area contributed by atoms with Crippen molar-refractivity contribution in [1.82, 2.24) is 0 Å². The number of carbonyl (C=O) groups is 2. The fraction of sp³-hybridized carbons (Fsp3) is 0.643. The van der Waals surface area contributed by atoms with E-state index in [4.69, 9.17) is 29.4 Å². The Morgan fingerprint density at radius 2 is 0.662 bits per heavy atom. The number of hydrogen-bond donors (Lipinski definition) is 3. The van der Waals surface area contributed by atoms with Crippen LogP contribution in [0.25, 0.3) is 0 Å². The monoisotopic (exact) mass is 901 g/mol. The normalized spacial score (nSPS) is 10.9. The summed E-state index contributed by atoms with van der Waals surface area (Å²) in [6, 6.07) is 19.7. The maximum absolute atomic E-state index is 12.3. The summed E-state index contributed by atoms with van der Waals surface area (Å²) in [5.74, 6) is 0.481. The topological polar surface area (TPSA) is 123 Å². The van der Waals surface area contributed by atoms with Gasteiger partial charge in [-0.2, -0.15) is 0 Å². The van der Waals surface area contributed by atoms with Gasteiger partial charge in [0.25, 0.3) is 0 Å². The van der Waals surface area contributed by atoms with E-state index >= 15 is 0 Å². The molecule has 0 spiro atoms. The van der Waals surface area contributed by atoms with Crippen LogP contribution in [0.2, 0.25) is 0 Å². The first kappa shape index (κ1) is 57.3. The van der Waals surface area contributed by atoms with Gasteiger partial charge >= 0.3 is 19.1 Å². The number of carboxylic acids is 1. The maximum Gasteiger partial charge on any atom is 0.488 e. The van der Waals surface area contributed by atoms with Gasteiger partial charge in [-0.15, -0.1) is 0 Å². The van der Waals surface area contributed by atoms with E-state index < -0.39 is 19.1 Å². The second kappa shape index (κ2) is 40.5. The Balaban J connectivity index is 0.000000465. The first-order valence-corrected chi connectivity index (χ1v) is 26.2. The largest absolute Gasteiger partial charge is 0.494 e. The van der Waals surface area contributed by atoms with Crippen molar-refractivity contribution in [3.8, 4) is 17.2 Å². The van der Waals surface area contributed by atoms with Gasteiger partial charge in [0.15, 0.2) is 0 Å². The van der Waals surface area contributed by atoms with Crippen molar-refractivity contribution < 1.29 is 39.0 Å². The molecule has 0 amide bonds. The average molecular weight is 901 g/mol. The molecule has 0 saturated carbocycles. The van der Waals surface area contributed by atoms with Gasteiger partial charge in [0, 0.05) is 0 Å². The number of carbonyl (C=O) groups excluding carboxylic acids is 1. The Hall–Kier alpha value is -3.82. The molecule has 3 N–H and O–H groups in total. The Bertz CT molecular complexity index is 1540. The second-order valence-corrected chi connectivity index (χ2v) is 18.0. The fourth-order valence-electron chi connectivity index (χ4n) is 7.94. The first-order valence-electron chi connectivity index (χ1n) is 26.2. The lowest BCUT2D eigenvalue weighted by molar-refractivity contribution is 0.0694. The van der Waals surface area contributed by atoms with Gasteiger partial charge in [0.1, 0.15) is 17.2 Å². The minimum atomic E-state index is -1.54. The van der Waals surface area contributed by atoms with Gasteiger partial charge < -0.3 is 29.4 Å². The van der Waals surface area contributed by atoms with Crippen LogP contribution in [0, 0.1) is 0 Å². The lowest BCUT2D eigenvalue weighted by Gasteiger charge is -2.08. The lowest BCUT2D eigenvalue weighted by atomic mass is 9.80. The van der Waals surface area contributed by atoms with E-state index in [0.717, 1.165) is 24.3 Å². The minimum Gasteiger partial charge on any atom is -0.494 e. The molecule has 3 rings (SSSR count). The van der Waals surface area contributed by atoms with Crippen LogP contribution in [0.1, 0.15) is 240 Å². The highest BCUT2D eigenvalue weighted by Crippen LogP contribution is 2.19. The quantitative estimate of drug-likeness (QED) is 0.0223. The molecule has 364 valence electrons. The molecular weight excluding hydrogens is 811 g/mol. The van der Waals surface area contributed by atoms with Gasteiger partial charge in [-0.25, -0.2) is 9.59 Å². The Morgan fingerprint density at radius 3 is 0.954 bits per heavy atom. The molecule has 0 radical (unpaired) electrons. The van der Waals surface area contributed by atoms with Crippen LogP contribution >= 0.6 is 0 Å². The number of benzene rings is 3. The molecule has 3 aromatic carbocycles. The molecular formula is C56H89BO8. The zero-order valence-corrected chi connectivity index (χ0v) is 40.9. The molecule has 0 aliphatic carbocycles. The maximum atomic E-state index is 12.3. The summed E-state index contributed by atoms with van der Waals surface area (Å²) < 4.78 is 16.8. The Morgan fingerprint density at radius 1 is 0.385 bits per heavy atom. The van der Waals surface area contributed by atoms with Crippen molar-refractivity contribution in [3.05, 3.63) is 83.9 Å². The third-order valence-electron chi connectivity index (χ3n) is 12.1. The standard InChI is InChI=1S/C31H47BO5.C25H42O3/c1-2-3-4-5-6-7-8-9-10-11-12-13-14-15-16-17-26-36-29-22-18-27(19-23-29)31(33)37-30-24-20-28(21-25-30)32(34)35;1-2-3-4-5-6-7-8-9-10-11-12-13-14-15-16-17-22-28-24-20-18-23(19-21-24)25(26)27/h18-25,34-35H,2-17,26H2,1H3;18-21H,2-17,22H2,1H3,(H,26,27). The summed E-state index contributed by atoms with van der Waals surface area (Å²) in [6.07, 6.45) is 43.5. The molecule has 0 fully saturated rings. The lowest BCUT2D eigenvalue weighted by Crippen LogP contribution is -2.29. The number of carboxylic acid groups (broad SMARTS) is 1. The van der Waals surface area contributed by atoms with Crippen molar-refractivity contribution >= 4 is 24.5 Å². The van der Waals surface area contributed by atoms with Gasteiger partial charge in [0.05, 0.1) is 24.3 Å². The highest BCUT2D eigenvalue weighted by atomic mass is 16.5. The molecule has 9 heteroatoms. The highest BCUT2D eigenvalue weighted by Gasteiger charge is 2.13. The zero-order valence-electron chi connectivity index (χ0n) is 40.9. The molecule has 0 atom stereocenters. The van der Waals surface area contributed by atoms with Crippen molar-refractivity contribution in [2.24, 2.45) is 0 Å². The number of ether oxygens (including phenoxy) is 3. The Kier molecular flexibility index (Phi) is 35.7. The molecule has 3 aromatic rings. The summed E-state index contributed by atoms with van der Waals surface area (Å²) in [4.78, 5) is 23.1. The van der Waals surface area contributed by atoms with Crippen molar-refractivity contribution in [1.29, 1.82) is 0 Å². The van der Waals surface area contributed by atoms with Crippen LogP contribution in [0.5, 0.6) is 17.2 Å². The molecule has 0 aromatic heterocycles. The first-order chi connectivity index (χ1) is 31.8. The van der Waals surface area contributed by atoms with Crippen molar-refractivity contribution in [2.45, 2.75) is 219 Å². The van der Waals surface area contributed by atoms with Gasteiger partial charge in [0.2, 0.25) is 0 Å². The third kappa shape index (κ3) is 31.7. The predicted octanol–water partition coefficient (Wildman–Crippen LogP) is 15.3. The molecule has 0 unspecified atom stereocenters. The molecule has 65 heavy (non-hydrogen) atoms. The summed E-state index contributed by atoms with van der Waals surface area (Å²) in [7, 11) is -1.54. The van der Waals surface area contributed by atoms with E-state index in [2.05, 4.69) is 13.8 Å². The fourth-order valence-corrected chi connectivity index (χ4v) is 7.94. The molecule has 0 bridgehead atoms. The van der Waals surface area contributed by atoms with Crippen LogP contribution in [-0.2, 0) is 0 Å². The van der Waals surface area contributed by atoms with E-state index in [1.54, 1.807) is 48.5 Å². The third-order valence-corrected chi connectivity index (χ3v) is 12.1. The highest BCUT2D eigenvalue weighted by molar-refractivity contribution is 6.58. The van der Waals surface area contributed by atoms with Crippen LogP contribution < -0.4 is 19.7 Å². The van der Waals surface area contributed by atoms with Crippen LogP contribution in [0.3, 0.4) is 0 Å². The SMILES string of the molecule is CCCCCCCCCCCCCCCCCCOc1ccc(C(=O)O)cc1.CCCCCCCCCCCCCCCCCCOc1ccc(C(=O)Oc2ccc(B(O)O)cc2)cc1. The van der Waals surface area contributed by atoms with E-state index in [0.29, 0.717) is 35.6 Å². The van der Waals surface area contributed by atoms with E-state index in [-0.39, 0.29) is 0 Å². The minimum absolute atomic E-state index is 0.301. The smallest absolute Gasteiger partial charge is 0.488 e. The molecule has 0 saturated heterocycles. The van der Waals surface area contributed by atoms with Crippen molar-refractivity contribution in [3.63, 3.8) is 0 Å². The van der Waals surface area contributed by atoms with E-state index in [1.165, 1.54) is 217 Å². The summed E-state index contributed by atoms with van der Waals surface area (Å²) >= 11 is 0. The second-order valence-electron chi connectivity index (χ2n) is 18.0. The predicted molar refractivity (Wildman–Crippen MR) is 271 cm³/mol. The molecule has 0 aliphatic rings. The molecule has 8 nitrogen and oxygen atoms in total. The molecule has 0 aliphatic heterocycles. The van der Waals surface area contributed by atoms with E-state index in [1.807, 2.05) is 0 Å². The summed E-state index contributed by atoms with van der Waals surface area (Å²) in [5, 5.41) is 27.1. The summed E-state index contributed by atoms with van der Waals surface area (Å²) in [5.41, 5.74) is 1.07. The number of esters is 1. The molecule has 0 heterocycles. The average Bonchev–Trinajstić information content (AvgIpc) is 3.31. The van der Waals surface area contributed by atoms with Crippen molar-refractivity contribution in [2.75, 3.05) is 13.2 Å². The number of aromatic carboxylic acids is 1. The van der Waals surface area contributed by atoms with Crippen LogP contribution in [0.4, 0.5) is 0 Å². The van der Waals surface area contributed by atoms with Crippen LogP contribution in [0.15, 0.2) is 72.8 Å². The Labute approximate surface area is 395 Å². The van der Waals surface area contributed by atoms with Gasteiger partial charge in [-0.05, 0) is 79.0 Å².